The van der Waals surface area contributed by atoms with Crippen molar-refractivity contribution in [1.82, 2.24) is 30.0 Å². The van der Waals surface area contributed by atoms with E-state index in [1.54, 1.807) is 42.5 Å². The molecule has 2 saturated heterocycles. The first-order chi connectivity index (χ1) is 15.0. The number of halogens is 1. The number of hydrogen-bond donors (Lipinski definition) is 2. The minimum absolute atomic E-state index is 0.00994. The van der Waals surface area contributed by atoms with Crippen LogP contribution in [0.5, 0.6) is 5.75 Å². The average molecular weight is 422 g/mol. The maximum absolute atomic E-state index is 15.0. The first kappa shape index (κ1) is 19.8. The molecule has 160 valence electrons. The SMILES string of the molecule is C=C(c1ncc(-c2ccc(-n3ccnc3)cc2O)nn1)[C@@H]1C[C@@H]2N[C@@H](C[C@H]2OC)[C@H]1F. The molecule has 2 fully saturated rings. The number of alkyl halides is 1. The zero-order valence-electron chi connectivity index (χ0n) is 17.0. The molecule has 2 aromatic heterocycles. The molecule has 0 spiro atoms. The fourth-order valence-electron chi connectivity index (χ4n) is 4.61. The summed E-state index contributed by atoms with van der Waals surface area (Å²) < 4.78 is 22.3. The van der Waals surface area contributed by atoms with E-state index in [9.17, 15) is 5.11 Å². The highest BCUT2D eigenvalue weighted by Crippen LogP contribution is 2.40. The molecule has 0 aliphatic carbocycles. The Morgan fingerprint density at radius 2 is 2.16 bits per heavy atom. The van der Waals surface area contributed by atoms with Gasteiger partial charge in [0.1, 0.15) is 17.6 Å². The lowest BCUT2D eigenvalue weighted by atomic mass is 9.84. The molecule has 0 unspecified atom stereocenters. The summed E-state index contributed by atoms with van der Waals surface area (Å²) in [5, 5.41) is 22.2. The van der Waals surface area contributed by atoms with E-state index in [1.807, 2.05) is 6.07 Å². The third kappa shape index (κ3) is 3.49. The van der Waals surface area contributed by atoms with Crippen molar-refractivity contribution >= 4 is 5.57 Å². The number of phenolic OH excluding ortho intramolecular Hbond substituents is 1. The summed E-state index contributed by atoms with van der Waals surface area (Å²) in [5.41, 5.74) is 2.24. The van der Waals surface area contributed by atoms with Crippen LogP contribution in [0.1, 0.15) is 18.7 Å². The predicted molar refractivity (Wildman–Crippen MR) is 112 cm³/mol. The van der Waals surface area contributed by atoms with Crippen molar-refractivity contribution < 1.29 is 14.2 Å². The Hall–Kier alpha value is -3.17. The number of aromatic hydroxyl groups is 1. The summed E-state index contributed by atoms with van der Waals surface area (Å²) in [6.07, 6.45) is 6.79. The van der Waals surface area contributed by atoms with Gasteiger partial charge in [-0.05, 0) is 30.5 Å². The van der Waals surface area contributed by atoms with Gasteiger partial charge in [0.05, 0.1) is 24.3 Å². The van der Waals surface area contributed by atoms with Crippen LogP contribution in [0.4, 0.5) is 4.39 Å². The van der Waals surface area contributed by atoms with Crippen molar-refractivity contribution in [3.8, 4) is 22.7 Å². The number of piperidine rings is 1. The van der Waals surface area contributed by atoms with E-state index in [2.05, 4.69) is 32.1 Å². The number of aromatic nitrogens is 5. The normalized spacial score (nSPS) is 27.4. The molecule has 4 heterocycles. The molecule has 5 atom stereocenters. The van der Waals surface area contributed by atoms with Gasteiger partial charge in [0.15, 0.2) is 5.82 Å². The van der Waals surface area contributed by atoms with Gasteiger partial charge in [0.25, 0.3) is 0 Å². The second-order valence-corrected chi connectivity index (χ2v) is 8.04. The number of fused-ring (bicyclic) bond motifs is 2. The number of nitrogens with one attached hydrogen (secondary N) is 1. The van der Waals surface area contributed by atoms with Crippen molar-refractivity contribution in [3.63, 3.8) is 0 Å². The first-order valence-corrected chi connectivity index (χ1v) is 10.2. The second-order valence-electron chi connectivity index (χ2n) is 8.04. The quantitative estimate of drug-likeness (QED) is 0.652. The predicted octanol–water partition coefficient (Wildman–Crippen LogP) is 2.55. The van der Waals surface area contributed by atoms with Gasteiger partial charge >= 0.3 is 0 Å². The molecule has 31 heavy (non-hydrogen) atoms. The summed E-state index contributed by atoms with van der Waals surface area (Å²) in [4.78, 5) is 8.37. The van der Waals surface area contributed by atoms with Crippen molar-refractivity contribution in [1.29, 1.82) is 0 Å². The molecule has 0 radical (unpaired) electrons. The number of imidazole rings is 1. The number of rotatable bonds is 5. The number of hydrogen-bond acceptors (Lipinski definition) is 7. The molecule has 1 aromatic carbocycles. The molecule has 8 nitrogen and oxygen atoms in total. The van der Waals surface area contributed by atoms with Gasteiger partial charge in [-0.15, -0.1) is 10.2 Å². The Morgan fingerprint density at radius 1 is 1.29 bits per heavy atom. The van der Waals surface area contributed by atoms with Gasteiger partial charge in [-0.25, -0.2) is 14.4 Å². The summed E-state index contributed by atoms with van der Waals surface area (Å²) in [6.45, 7) is 4.07. The molecule has 9 heteroatoms. The smallest absolute Gasteiger partial charge is 0.177 e. The number of nitrogens with zero attached hydrogens (tertiary/aromatic N) is 5. The van der Waals surface area contributed by atoms with E-state index in [0.29, 0.717) is 35.5 Å². The maximum Gasteiger partial charge on any atom is 0.177 e. The van der Waals surface area contributed by atoms with Gasteiger partial charge in [0.2, 0.25) is 0 Å². The third-order valence-electron chi connectivity index (χ3n) is 6.30. The summed E-state index contributed by atoms with van der Waals surface area (Å²) in [5.74, 6) is -0.00801. The van der Waals surface area contributed by atoms with Crippen LogP contribution in [0.2, 0.25) is 0 Å². The van der Waals surface area contributed by atoms with Crippen LogP contribution in [0.15, 0.2) is 49.7 Å². The summed E-state index contributed by atoms with van der Waals surface area (Å²) in [6, 6.07) is 5.06. The van der Waals surface area contributed by atoms with Crippen molar-refractivity contribution in [2.24, 2.45) is 5.92 Å². The lowest BCUT2D eigenvalue weighted by molar-refractivity contribution is 0.0864. The summed E-state index contributed by atoms with van der Waals surface area (Å²) in [7, 11) is 1.66. The number of phenols is 1. The highest BCUT2D eigenvalue weighted by Gasteiger charge is 2.48. The molecule has 2 bridgehead atoms. The Bertz CT molecular complexity index is 1090. The number of benzene rings is 1. The molecular weight excluding hydrogens is 399 g/mol. The van der Waals surface area contributed by atoms with E-state index in [1.165, 1.54) is 6.20 Å². The second kappa shape index (κ2) is 7.82. The molecule has 2 aliphatic heterocycles. The van der Waals surface area contributed by atoms with Crippen LogP contribution < -0.4 is 5.32 Å². The van der Waals surface area contributed by atoms with Crippen molar-refractivity contribution in [3.05, 3.63) is 55.5 Å². The van der Waals surface area contributed by atoms with Crippen LogP contribution in [0.3, 0.4) is 0 Å². The molecule has 3 aromatic rings. The highest BCUT2D eigenvalue weighted by molar-refractivity contribution is 5.68. The van der Waals surface area contributed by atoms with Crippen LogP contribution in [-0.2, 0) is 4.74 Å². The Kier molecular flexibility index (Phi) is 4.99. The summed E-state index contributed by atoms with van der Waals surface area (Å²) >= 11 is 0. The van der Waals surface area contributed by atoms with Gasteiger partial charge in [-0.2, -0.15) is 0 Å². The molecule has 5 rings (SSSR count). The van der Waals surface area contributed by atoms with E-state index >= 15 is 4.39 Å². The highest BCUT2D eigenvalue weighted by atomic mass is 19.1. The van der Waals surface area contributed by atoms with Crippen molar-refractivity contribution in [2.75, 3.05) is 7.11 Å². The molecule has 2 aliphatic rings. The Morgan fingerprint density at radius 3 is 2.84 bits per heavy atom. The lowest BCUT2D eigenvalue weighted by Crippen LogP contribution is -2.48. The van der Waals surface area contributed by atoms with Crippen LogP contribution in [-0.4, -0.2) is 61.3 Å². The van der Waals surface area contributed by atoms with E-state index in [-0.39, 0.29) is 29.9 Å². The molecule has 0 saturated carbocycles. The lowest BCUT2D eigenvalue weighted by Gasteiger charge is -2.33. The Balaban J connectivity index is 1.35. The van der Waals surface area contributed by atoms with Crippen LogP contribution >= 0.6 is 0 Å². The van der Waals surface area contributed by atoms with E-state index in [4.69, 9.17) is 4.74 Å². The number of ether oxygens (including phenoxy) is 1. The van der Waals surface area contributed by atoms with Gasteiger partial charge in [0, 0.05) is 49.1 Å². The monoisotopic (exact) mass is 422 g/mol. The van der Waals surface area contributed by atoms with Gasteiger partial charge < -0.3 is 19.7 Å². The fourth-order valence-corrected chi connectivity index (χ4v) is 4.61. The van der Waals surface area contributed by atoms with Crippen LogP contribution in [0.25, 0.3) is 22.5 Å². The zero-order chi connectivity index (χ0) is 21.5. The van der Waals surface area contributed by atoms with E-state index in [0.717, 1.165) is 5.69 Å². The molecular formula is C22H23FN6O2. The zero-order valence-corrected chi connectivity index (χ0v) is 17.0. The first-order valence-electron chi connectivity index (χ1n) is 10.2. The Labute approximate surface area is 178 Å². The average Bonchev–Trinajstić information content (AvgIpc) is 3.44. The number of allylic oxidation sites excluding steroid dienone is 1. The molecule has 2 N–H and O–H groups in total. The van der Waals surface area contributed by atoms with Gasteiger partial charge in [-0.1, -0.05) is 6.58 Å². The molecule has 0 amide bonds. The van der Waals surface area contributed by atoms with Crippen molar-refractivity contribution in [2.45, 2.75) is 37.2 Å². The standard InChI is InChI=1S/C22H23FN6O2/c1-12(15-8-16-20(31-2)9-17(26-16)21(15)23)22-25-10-18(27-28-22)14-4-3-13(7-19(14)30)29-6-5-24-11-29/h3-7,10-11,15-17,20-21,26,30H,1,8-9H2,2H3/t15-,16-,17-,20+,21-/m0/s1. The van der Waals surface area contributed by atoms with E-state index < -0.39 is 6.17 Å². The maximum atomic E-state index is 15.0. The third-order valence-corrected chi connectivity index (χ3v) is 6.30. The minimum atomic E-state index is -1.08. The minimum Gasteiger partial charge on any atom is -0.507 e. The fraction of sp³-hybridized carbons (Fsp3) is 0.364. The topological polar surface area (TPSA) is 98.0 Å². The van der Waals surface area contributed by atoms with Gasteiger partial charge in [-0.3, -0.25) is 0 Å². The largest absolute Gasteiger partial charge is 0.507 e. The number of methoxy groups -OCH3 is 1. The van der Waals surface area contributed by atoms with Crippen LogP contribution in [0, 0.1) is 5.92 Å².